The van der Waals surface area contributed by atoms with Gasteiger partial charge >= 0.3 is 6.18 Å². The molecular weight excluding hydrogens is 464 g/mol. The third kappa shape index (κ3) is 5.89. The molecule has 0 radical (unpaired) electrons. The predicted molar refractivity (Wildman–Crippen MR) is 132 cm³/mol. The van der Waals surface area contributed by atoms with Crippen molar-refractivity contribution in [1.82, 2.24) is 9.29 Å². The lowest BCUT2D eigenvalue weighted by atomic mass is 9.96. The van der Waals surface area contributed by atoms with E-state index in [0.29, 0.717) is 23.2 Å². The van der Waals surface area contributed by atoms with E-state index in [0.717, 1.165) is 11.5 Å². The average molecular weight is 497 g/mol. The van der Waals surface area contributed by atoms with Crippen LogP contribution in [0.4, 0.5) is 17.6 Å². The van der Waals surface area contributed by atoms with E-state index < -0.39 is 40.2 Å². The summed E-state index contributed by atoms with van der Waals surface area (Å²) in [6, 6.07) is 9.77. The maximum Gasteiger partial charge on any atom is 0.417 e. The van der Waals surface area contributed by atoms with Crippen LogP contribution in [-0.2, 0) is 23.7 Å². The van der Waals surface area contributed by atoms with Crippen LogP contribution in [0.2, 0.25) is 0 Å². The second-order valence-corrected chi connectivity index (χ2v) is 12.8. The van der Waals surface area contributed by atoms with E-state index in [-0.39, 0.29) is 11.0 Å². The molecule has 1 N–H and O–H groups in total. The molecule has 0 saturated carbocycles. The summed E-state index contributed by atoms with van der Waals surface area (Å²) in [5, 5.41) is 0.721. The van der Waals surface area contributed by atoms with Gasteiger partial charge < -0.3 is 4.57 Å². The van der Waals surface area contributed by atoms with Gasteiger partial charge in [0.15, 0.2) is 0 Å². The summed E-state index contributed by atoms with van der Waals surface area (Å²) in [5.41, 5.74) is 1.04. The van der Waals surface area contributed by atoms with Gasteiger partial charge in [-0.2, -0.15) is 13.2 Å². The Morgan fingerprint density at radius 3 is 2.21 bits per heavy atom. The number of hydrogen-bond donors (Lipinski definition) is 1. The fourth-order valence-corrected chi connectivity index (χ4v) is 4.68. The molecule has 1 heterocycles. The quantitative estimate of drug-likeness (QED) is 0.354. The van der Waals surface area contributed by atoms with Crippen molar-refractivity contribution in [2.75, 3.05) is 6.67 Å². The van der Waals surface area contributed by atoms with Gasteiger partial charge in [-0.1, -0.05) is 51.1 Å². The fraction of sp³-hybridized carbons (Fsp3) is 0.462. The minimum absolute atomic E-state index is 0.0935. The topological polar surface area (TPSA) is 34.0 Å². The van der Waals surface area contributed by atoms with E-state index in [1.807, 2.05) is 10.8 Å². The summed E-state index contributed by atoms with van der Waals surface area (Å²) in [6.45, 7) is 11.4. The number of aromatic nitrogens is 1. The van der Waals surface area contributed by atoms with Gasteiger partial charge in [-0.15, -0.1) is 0 Å². The molecule has 3 rings (SSSR count). The molecule has 0 unspecified atom stereocenters. The van der Waals surface area contributed by atoms with Crippen LogP contribution in [0.15, 0.2) is 48.7 Å². The standard InChI is InChI=1S/C26H32F4N2OS/c1-24(2,3)16-32-15-20(22(14-27)31-34(33)25(4,5)6)19-12-11-17(13-23(19)32)18-9-7-8-10-21(18)26(28,29)30/h7-13,15,22,31H,14,16H2,1-6H3/t22-,34+/m1/s1. The highest BCUT2D eigenvalue weighted by Gasteiger charge is 2.33. The van der Waals surface area contributed by atoms with E-state index in [2.05, 4.69) is 25.5 Å². The first-order valence-electron chi connectivity index (χ1n) is 11.2. The lowest BCUT2D eigenvalue weighted by Crippen LogP contribution is -2.36. The first-order chi connectivity index (χ1) is 15.6. The molecule has 0 fully saturated rings. The van der Waals surface area contributed by atoms with Gasteiger partial charge in [0.25, 0.3) is 0 Å². The van der Waals surface area contributed by atoms with Crippen molar-refractivity contribution >= 4 is 21.9 Å². The van der Waals surface area contributed by atoms with Crippen LogP contribution in [0.5, 0.6) is 0 Å². The maximum atomic E-state index is 14.2. The van der Waals surface area contributed by atoms with E-state index in [4.69, 9.17) is 0 Å². The van der Waals surface area contributed by atoms with Gasteiger partial charge in [-0.3, -0.25) is 0 Å². The van der Waals surface area contributed by atoms with Crippen LogP contribution in [0, 0.1) is 5.41 Å². The van der Waals surface area contributed by atoms with E-state index in [1.54, 1.807) is 45.0 Å². The summed E-state index contributed by atoms with van der Waals surface area (Å²) in [7, 11) is -1.49. The van der Waals surface area contributed by atoms with Crippen LogP contribution >= 0.6 is 0 Å². The Labute approximate surface area is 201 Å². The number of halogens is 4. The molecule has 0 spiro atoms. The number of nitrogens with one attached hydrogen (secondary N) is 1. The van der Waals surface area contributed by atoms with Crippen molar-refractivity contribution in [3.63, 3.8) is 0 Å². The maximum absolute atomic E-state index is 14.2. The second-order valence-electron chi connectivity index (χ2n) is 10.8. The zero-order valence-corrected chi connectivity index (χ0v) is 21.2. The molecule has 8 heteroatoms. The molecule has 0 bridgehead atoms. The van der Waals surface area contributed by atoms with Gasteiger partial charge in [0.2, 0.25) is 0 Å². The fourth-order valence-electron chi connectivity index (χ4n) is 3.87. The molecule has 186 valence electrons. The third-order valence-electron chi connectivity index (χ3n) is 5.44. The molecule has 2 aromatic carbocycles. The van der Waals surface area contributed by atoms with Crippen molar-refractivity contribution in [2.45, 2.75) is 65.1 Å². The summed E-state index contributed by atoms with van der Waals surface area (Å²) in [4.78, 5) is 0. The van der Waals surface area contributed by atoms with Crippen molar-refractivity contribution in [3.05, 3.63) is 59.8 Å². The second kappa shape index (κ2) is 9.46. The number of rotatable bonds is 6. The van der Waals surface area contributed by atoms with Crippen LogP contribution in [0.3, 0.4) is 0 Å². The van der Waals surface area contributed by atoms with Crippen LogP contribution in [0.25, 0.3) is 22.0 Å². The minimum Gasteiger partial charge on any atom is -0.347 e. The Hall–Kier alpha value is -2.19. The third-order valence-corrected chi connectivity index (χ3v) is 7.05. The predicted octanol–water partition coefficient (Wildman–Crippen LogP) is 7.44. The van der Waals surface area contributed by atoms with Crippen LogP contribution < -0.4 is 4.72 Å². The van der Waals surface area contributed by atoms with Crippen LogP contribution in [-0.4, -0.2) is 20.2 Å². The monoisotopic (exact) mass is 496 g/mol. The van der Waals surface area contributed by atoms with Crippen molar-refractivity contribution in [1.29, 1.82) is 0 Å². The molecular formula is C26H32F4N2OS. The highest BCUT2D eigenvalue weighted by Crippen LogP contribution is 2.39. The molecule has 2 atom stereocenters. The summed E-state index contributed by atoms with van der Waals surface area (Å²) in [6.07, 6.45) is -2.66. The van der Waals surface area contributed by atoms with Gasteiger partial charge in [0.1, 0.15) is 6.67 Å². The summed E-state index contributed by atoms with van der Waals surface area (Å²) < 4.78 is 72.0. The average Bonchev–Trinajstić information content (AvgIpc) is 3.06. The highest BCUT2D eigenvalue weighted by atomic mass is 32.2. The number of alkyl halides is 4. The zero-order valence-electron chi connectivity index (χ0n) is 20.4. The molecule has 0 aliphatic heterocycles. The van der Waals surface area contributed by atoms with E-state index in [1.165, 1.54) is 12.1 Å². The van der Waals surface area contributed by atoms with Gasteiger partial charge in [0, 0.05) is 23.6 Å². The Bertz CT molecular complexity index is 1190. The Kier molecular flexibility index (Phi) is 7.35. The molecule has 0 saturated heterocycles. The van der Waals surface area contributed by atoms with E-state index >= 15 is 0 Å². The van der Waals surface area contributed by atoms with Crippen LogP contribution in [0.1, 0.15) is 58.7 Å². The zero-order chi connectivity index (χ0) is 25.5. The van der Waals surface area contributed by atoms with Crippen molar-refractivity contribution in [2.24, 2.45) is 5.41 Å². The normalized spacial score (nSPS) is 15.0. The van der Waals surface area contributed by atoms with Gasteiger partial charge in [0.05, 0.1) is 27.3 Å². The number of benzene rings is 2. The SMILES string of the molecule is CC(C)(C)Cn1cc([C@@H](CF)N[S@@](=O)C(C)(C)C)c2ccc(-c3ccccc3C(F)(F)F)cc21. The highest BCUT2D eigenvalue weighted by molar-refractivity contribution is 7.84. The van der Waals surface area contributed by atoms with Crippen molar-refractivity contribution in [3.8, 4) is 11.1 Å². The number of nitrogens with zero attached hydrogens (tertiary/aromatic N) is 1. The smallest absolute Gasteiger partial charge is 0.347 e. The molecule has 0 aliphatic carbocycles. The molecule has 1 aromatic heterocycles. The minimum atomic E-state index is -4.48. The first kappa shape index (κ1) is 26.4. The Morgan fingerprint density at radius 1 is 1.00 bits per heavy atom. The number of hydrogen-bond acceptors (Lipinski definition) is 1. The largest absolute Gasteiger partial charge is 0.417 e. The van der Waals surface area contributed by atoms with Gasteiger partial charge in [-0.25, -0.2) is 13.3 Å². The molecule has 34 heavy (non-hydrogen) atoms. The molecule has 0 amide bonds. The molecule has 3 nitrogen and oxygen atoms in total. The Balaban J connectivity index is 2.19. The number of fused-ring (bicyclic) bond motifs is 1. The molecule has 3 aromatic rings. The Morgan fingerprint density at radius 2 is 1.65 bits per heavy atom. The lowest BCUT2D eigenvalue weighted by molar-refractivity contribution is -0.137. The lowest BCUT2D eigenvalue weighted by Gasteiger charge is -2.22. The molecule has 0 aliphatic rings. The summed E-state index contributed by atoms with van der Waals surface area (Å²) in [5.74, 6) is 0. The summed E-state index contributed by atoms with van der Waals surface area (Å²) >= 11 is 0. The van der Waals surface area contributed by atoms with E-state index in [9.17, 15) is 21.8 Å². The van der Waals surface area contributed by atoms with Gasteiger partial charge in [-0.05, 0) is 55.0 Å². The van der Waals surface area contributed by atoms with Crippen molar-refractivity contribution < 1.29 is 21.8 Å². The first-order valence-corrected chi connectivity index (χ1v) is 12.3.